The first-order valence-electron chi connectivity index (χ1n) is 2.30. The zero-order valence-electron chi connectivity index (χ0n) is 6.83. The fourth-order valence-electron chi connectivity index (χ4n) is 0. The van der Waals surface area contributed by atoms with E-state index in [-0.39, 0.29) is 17.1 Å². The maximum absolute atomic E-state index is 8.77. The maximum atomic E-state index is 8.77. The smallest absolute Gasteiger partial charge is 0.756 e. The molecule has 0 rings (SSSR count). The van der Waals surface area contributed by atoms with Crippen molar-refractivity contribution in [2.75, 3.05) is 0 Å². The van der Waals surface area contributed by atoms with E-state index in [2.05, 4.69) is 0 Å². The Kier molecular flexibility index (Phi) is 15.8. The Balaban J connectivity index is -0.0000000655. The van der Waals surface area contributed by atoms with E-state index in [9.17, 15) is 0 Å². The predicted octanol–water partition coefficient (Wildman–Crippen LogP) is -4.68. The average molecular weight is 347 g/mol. The predicted molar refractivity (Wildman–Crippen MR) is 36.1 cm³/mol. The summed E-state index contributed by atoms with van der Waals surface area (Å²) in [5.74, 6) is 0. The van der Waals surface area contributed by atoms with Crippen LogP contribution in [0.1, 0.15) is 0 Å². The summed E-state index contributed by atoms with van der Waals surface area (Å²) in [4.78, 5) is 68.8. The van der Waals surface area contributed by atoms with Gasteiger partial charge in [0.05, 0.1) is 0 Å². The molecule has 0 aromatic rings. The van der Waals surface area contributed by atoms with E-state index < -0.39 is 23.5 Å². The molecule has 0 atom stereocenters. The van der Waals surface area contributed by atoms with Crippen LogP contribution in [0.25, 0.3) is 0 Å². The third-order valence-electron chi connectivity index (χ3n) is 0. The molecular weight excluding hydrogens is 341 g/mol. The Morgan fingerprint density at radius 2 is 0.562 bits per heavy atom. The Morgan fingerprint density at radius 3 is 0.562 bits per heavy atom. The average Bonchev–Trinajstić information content (AvgIpc) is 1.41. The van der Waals surface area contributed by atoms with Crippen LogP contribution in [0.4, 0.5) is 0 Å². The van der Waals surface area contributed by atoms with E-state index >= 15 is 0 Å². The minimum Gasteiger partial charge on any atom is -0.756 e. The molecule has 0 aromatic carbocycles. The second-order valence-electron chi connectivity index (χ2n) is 1.47. The van der Waals surface area contributed by atoms with Crippen molar-refractivity contribution >= 4 is 23.5 Å². The third-order valence-corrected chi connectivity index (χ3v) is 0. The zero-order valence-corrected chi connectivity index (χ0v) is 10.6. The number of rotatable bonds is 0. The van der Waals surface area contributed by atoms with Crippen LogP contribution in [-0.4, -0.2) is 29.4 Å². The van der Waals surface area contributed by atoms with E-state index in [1.807, 2.05) is 0 Å². The minimum absolute atomic E-state index is 0. The molecule has 0 fully saturated rings. The van der Waals surface area contributed by atoms with Crippen molar-refractivity contribution in [3.05, 3.63) is 0 Å². The van der Waals surface area contributed by atoms with E-state index in [1.165, 1.54) is 0 Å². The van der Waals surface area contributed by atoms with Crippen LogP contribution in [0.2, 0.25) is 0 Å². The summed E-state index contributed by atoms with van der Waals surface area (Å²) in [5, 5.41) is 0. The zero-order chi connectivity index (χ0) is 13.5. The maximum Gasteiger partial charge on any atom is 3.00 e. The molecule has 0 saturated heterocycles. The largest absolute Gasteiger partial charge is 3.00 e. The second-order valence-corrected chi connectivity index (χ2v) is 4.42. The van der Waals surface area contributed by atoms with Gasteiger partial charge in [0.2, 0.25) is 0 Å². The molecule has 12 nitrogen and oxygen atoms in total. The van der Waals surface area contributed by atoms with Crippen molar-refractivity contribution in [2.45, 2.75) is 0 Å². The third kappa shape index (κ3) is 3950. The van der Waals surface area contributed by atoms with Crippen LogP contribution in [-0.2, 0) is 30.8 Å². The Hall–Kier alpha value is 0.849. The molecule has 16 heavy (non-hydrogen) atoms. The molecular formula is H6FeO12P3. The van der Waals surface area contributed by atoms with Crippen molar-refractivity contribution in [3.8, 4) is 0 Å². The first-order chi connectivity index (χ1) is 6.00. The molecule has 1 radical (unpaired) electrons. The first-order valence-corrected chi connectivity index (χ1v) is 6.89. The molecule has 0 bridgehead atoms. The second kappa shape index (κ2) is 9.84. The van der Waals surface area contributed by atoms with Gasteiger partial charge >= 0.3 is 17.1 Å². The standard InChI is InChI=1S/Fe.3H3O4P/c;3*1-5(2,3)4/h;3*(H3,1,2,3,4)/q+3;;;/p-3. The molecule has 16 heteroatoms. The van der Waals surface area contributed by atoms with Crippen LogP contribution >= 0.6 is 23.5 Å². The number of hydrogen-bond acceptors (Lipinski definition) is 6. The minimum atomic E-state index is -4.89. The molecule has 0 aliphatic heterocycles. The Morgan fingerprint density at radius 1 is 0.562 bits per heavy atom. The summed E-state index contributed by atoms with van der Waals surface area (Å²) in [7, 11) is -14.7. The normalized spacial score (nSPS) is 11.1. The van der Waals surface area contributed by atoms with Gasteiger partial charge in [0.15, 0.2) is 0 Å². The topological polar surface area (TPSA) is 242 Å². The molecule has 0 spiro atoms. The number of hydrogen-bond donors (Lipinski definition) is 6. The van der Waals surface area contributed by atoms with Gasteiger partial charge in [-0.2, -0.15) is 0 Å². The molecule has 0 unspecified atom stereocenters. The molecule has 0 aromatic heterocycles. The van der Waals surface area contributed by atoms with Gasteiger partial charge in [-0.05, 0) is 0 Å². The molecule has 0 saturated carbocycles. The van der Waals surface area contributed by atoms with Crippen LogP contribution < -0.4 is 14.7 Å². The van der Waals surface area contributed by atoms with Crippen molar-refractivity contribution in [3.63, 3.8) is 0 Å². The summed E-state index contributed by atoms with van der Waals surface area (Å²) in [5.41, 5.74) is 0. The van der Waals surface area contributed by atoms with Gasteiger partial charge in [0, 0.05) is 0 Å². The van der Waals surface area contributed by atoms with Gasteiger partial charge in [-0.3, -0.25) is 13.7 Å². The summed E-state index contributed by atoms with van der Waals surface area (Å²) in [6, 6.07) is 0. The molecule has 101 valence electrons. The SMILES string of the molecule is O=P([O-])(O)O.O=P([O-])(O)O.O=P([O-])(O)O.[Fe+3]. The molecule has 0 aliphatic carbocycles. The van der Waals surface area contributed by atoms with Crippen LogP contribution in [0, 0.1) is 0 Å². The van der Waals surface area contributed by atoms with E-state index in [1.54, 1.807) is 0 Å². The van der Waals surface area contributed by atoms with Crippen LogP contribution in [0.5, 0.6) is 0 Å². The van der Waals surface area contributed by atoms with Crippen molar-refractivity contribution in [1.82, 2.24) is 0 Å². The van der Waals surface area contributed by atoms with Crippen molar-refractivity contribution in [2.24, 2.45) is 0 Å². The van der Waals surface area contributed by atoms with Crippen molar-refractivity contribution < 1.29 is 74.8 Å². The van der Waals surface area contributed by atoms with E-state index in [4.69, 9.17) is 57.7 Å². The summed E-state index contributed by atoms with van der Waals surface area (Å²) < 4.78 is 26.3. The fraction of sp³-hybridized carbons (Fsp3) is 0. The van der Waals surface area contributed by atoms with Gasteiger partial charge in [0.1, 0.15) is 0 Å². The monoisotopic (exact) mass is 347 g/mol. The van der Waals surface area contributed by atoms with Gasteiger partial charge in [0.25, 0.3) is 23.5 Å². The van der Waals surface area contributed by atoms with Gasteiger partial charge < -0.3 is 44.0 Å². The fourth-order valence-corrected chi connectivity index (χ4v) is 0. The molecule has 6 N–H and O–H groups in total. The van der Waals surface area contributed by atoms with Crippen LogP contribution in [0.3, 0.4) is 0 Å². The molecule has 0 aliphatic rings. The summed E-state index contributed by atoms with van der Waals surface area (Å²) in [6.45, 7) is 0. The number of phosphoric acid groups is 3. The van der Waals surface area contributed by atoms with Gasteiger partial charge in [-0.1, -0.05) is 0 Å². The molecule has 0 heterocycles. The van der Waals surface area contributed by atoms with Gasteiger partial charge in [-0.25, -0.2) is 0 Å². The first kappa shape index (κ1) is 25.6. The van der Waals surface area contributed by atoms with E-state index in [0.717, 1.165) is 0 Å². The summed E-state index contributed by atoms with van der Waals surface area (Å²) in [6.07, 6.45) is 0. The van der Waals surface area contributed by atoms with Crippen LogP contribution in [0.15, 0.2) is 0 Å². The quantitative estimate of drug-likeness (QED) is 0.179. The van der Waals surface area contributed by atoms with Gasteiger partial charge in [-0.15, -0.1) is 0 Å². The Bertz CT molecular complexity index is 202. The Labute approximate surface area is 98.8 Å². The summed E-state index contributed by atoms with van der Waals surface area (Å²) >= 11 is 0. The molecule has 0 amide bonds. The van der Waals surface area contributed by atoms with Crippen molar-refractivity contribution in [1.29, 1.82) is 0 Å². The van der Waals surface area contributed by atoms with E-state index in [0.29, 0.717) is 0 Å².